The molecule has 132 valence electrons. The molecule has 1 aromatic carbocycles. The third-order valence-corrected chi connectivity index (χ3v) is 4.54. The van der Waals surface area contributed by atoms with E-state index in [1.807, 2.05) is 0 Å². The van der Waals surface area contributed by atoms with Crippen molar-refractivity contribution in [2.75, 3.05) is 6.54 Å². The van der Waals surface area contributed by atoms with Crippen LogP contribution >= 0.6 is 0 Å². The second-order valence-electron chi connectivity index (χ2n) is 6.19. The van der Waals surface area contributed by atoms with E-state index in [0.717, 1.165) is 17.7 Å². The number of amides is 3. The molecular formula is C16H17N3O6. The Hall–Kier alpha value is -2.97. The van der Waals surface area contributed by atoms with Crippen molar-refractivity contribution in [1.29, 1.82) is 0 Å². The fourth-order valence-electron chi connectivity index (χ4n) is 3.19. The third-order valence-electron chi connectivity index (χ3n) is 4.54. The zero-order valence-electron chi connectivity index (χ0n) is 13.4. The molecule has 2 fully saturated rings. The summed E-state index contributed by atoms with van der Waals surface area (Å²) < 4.78 is 5.06. The number of imide groups is 1. The number of nitrogens with one attached hydrogen (secondary N) is 1. The van der Waals surface area contributed by atoms with Crippen LogP contribution in [0.4, 0.5) is 10.5 Å². The zero-order chi connectivity index (χ0) is 18.0. The van der Waals surface area contributed by atoms with Gasteiger partial charge in [-0.3, -0.25) is 24.6 Å². The van der Waals surface area contributed by atoms with Crippen LogP contribution in [0.1, 0.15) is 31.2 Å². The molecule has 1 aliphatic carbocycles. The number of rotatable bonds is 5. The highest BCUT2D eigenvalue weighted by Crippen LogP contribution is 2.34. The number of carbonyl (C=O) groups excluding carboxylic acids is 3. The van der Waals surface area contributed by atoms with E-state index in [4.69, 9.17) is 4.74 Å². The first-order valence-electron chi connectivity index (χ1n) is 7.94. The number of non-ortho nitro benzene ring substituents is 1. The lowest BCUT2D eigenvalue weighted by Gasteiger charge is -2.19. The quantitative estimate of drug-likeness (QED) is 0.373. The summed E-state index contributed by atoms with van der Waals surface area (Å²) in [6, 6.07) is 5.01. The van der Waals surface area contributed by atoms with E-state index >= 15 is 0 Å². The first-order chi connectivity index (χ1) is 11.9. The average molecular weight is 347 g/mol. The van der Waals surface area contributed by atoms with Crippen molar-refractivity contribution in [3.8, 4) is 0 Å². The second kappa shape index (κ2) is 6.50. The number of esters is 1. The Balaban J connectivity index is 1.55. The number of carbonyl (C=O) groups is 3. The minimum absolute atomic E-state index is 0.0590. The minimum atomic E-state index is -0.851. The van der Waals surface area contributed by atoms with Gasteiger partial charge in [0, 0.05) is 12.1 Å². The Bertz CT molecular complexity index is 724. The Morgan fingerprint density at radius 2 is 1.88 bits per heavy atom. The van der Waals surface area contributed by atoms with Gasteiger partial charge in [-0.25, -0.2) is 4.79 Å². The van der Waals surface area contributed by atoms with E-state index in [2.05, 4.69) is 5.32 Å². The predicted molar refractivity (Wildman–Crippen MR) is 84.3 cm³/mol. The van der Waals surface area contributed by atoms with Gasteiger partial charge in [-0.15, -0.1) is 0 Å². The maximum absolute atomic E-state index is 12.4. The maximum Gasteiger partial charge on any atom is 0.326 e. The number of nitrogens with zero attached hydrogens (tertiary/aromatic N) is 2. The molecule has 0 unspecified atom stereocenters. The Morgan fingerprint density at radius 1 is 1.24 bits per heavy atom. The van der Waals surface area contributed by atoms with Crippen LogP contribution in [0.3, 0.4) is 0 Å². The molecule has 1 N–H and O–H groups in total. The van der Waals surface area contributed by atoms with E-state index in [1.165, 1.54) is 24.3 Å². The van der Waals surface area contributed by atoms with Crippen LogP contribution in [0.2, 0.25) is 0 Å². The van der Waals surface area contributed by atoms with Gasteiger partial charge in [0.1, 0.15) is 18.7 Å². The van der Waals surface area contributed by atoms with Crippen molar-refractivity contribution in [2.24, 2.45) is 0 Å². The Labute approximate surface area is 143 Å². The van der Waals surface area contributed by atoms with E-state index < -0.39 is 29.0 Å². The topological polar surface area (TPSA) is 119 Å². The van der Waals surface area contributed by atoms with Crippen molar-refractivity contribution < 1.29 is 24.0 Å². The summed E-state index contributed by atoms with van der Waals surface area (Å²) in [6.07, 6.45) is 2.91. The molecule has 0 bridgehead atoms. The van der Waals surface area contributed by atoms with Gasteiger partial charge in [0.15, 0.2) is 0 Å². The van der Waals surface area contributed by atoms with Crippen molar-refractivity contribution in [3.63, 3.8) is 0 Å². The summed E-state index contributed by atoms with van der Waals surface area (Å²) in [5.74, 6) is -1.08. The van der Waals surface area contributed by atoms with E-state index in [0.29, 0.717) is 18.4 Å². The monoisotopic (exact) mass is 347 g/mol. The molecule has 1 spiro atoms. The molecule has 0 atom stereocenters. The van der Waals surface area contributed by atoms with Gasteiger partial charge >= 0.3 is 12.0 Å². The van der Waals surface area contributed by atoms with Crippen LogP contribution in [0.15, 0.2) is 24.3 Å². The minimum Gasteiger partial charge on any atom is -0.459 e. The lowest BCUT2D eigenvalue weighted by molar-refractivity contribution is -0.384. The van der Waals surface area contributed by atoms with E-state index in [1.54, 1.807) is 0 Å². The van der Waals surface area contributed by atoms with Gasteiger partial charge in [-0.05, 0) is 30.5 Å². The highest BCUT2D eigenvalue weighted by atomic mass is 16.6. The molecule has 1 heterocycles. The Morgan fingerprint density at radius 3 is 2.48 bits per heavy atom. The molecule has 9 heteroatoms. The van der Waals surface area contributed by atoms with Crippen LogP contribution in [0, 0.1) is 10.1 Å². The highest BCUT2D eigenvalue weighted by Gasteiger charge is 2.52. The first kappa shape index (κ1) is 16.9. The van der Waals surface area contributed by atoms with Gasteiger partial charge in [0.2, 0.25) is 0 Å². The normalized spacial score (nSPS) is 18.5. The smallest absolute Gasteiger partial charge is 0.326 e. The summed E-state index contributed by atoms with van der Waals surface area (Å²) >= 11 is 0. The number of benzene rings is 1. The number of urea groups is 1. The molecular weight excluding hydrogens is 330 g/mol. The zero-order valence-corrected chi connectivity index (χ0v) is 13.4. The van der Waals surface area contributed by atoms with E-state index in [-0.39, 0.29) is 18.2 Å². The van der Waals surface area contributed by atoms with Gasteiger partial charge in [0.25, 0.3) is 11.6 Å². The van der Waals surface area contributed by atoms with Crippen molar-refractivity contribution in [1.82, 2.24) is 10.2 Å². The SMILES string of the molecule is O=C(CN1C(=O)NC2(CCCC2)C1=O)OCc1ccc([N+](=O)[O-])cc1. The van der Waals surface area contributed by atoms with Gasteiger partial charge in [-0.1, -0.05) is 12.8 Å². The molecule has 3 amide bonds. The van der Waals surface area contributed by atoms with Crippen LogP contribution in [-0.2, 0) is 20.9 Å². The summed E-state index contributed by atoms with van der Waals surface area (Å²) in [5, 5.41) is 13.3. The van der Waals surface area contributed by atoms with Crippen molar-refractivity contribution in [2.45, 2.75) is 37.8 Å². The lowest BCUT2D eigenvalue weighted by Crippen LogP contribution is -2.44. The van der Waals surface area contributed by atoms with Crippen LogP contribution in [-0.4, -0.2) is 39.8 Å². The van der Waals surface area contributed by atoms with Crippen molar-refractivity contribution in [3.05, 3.63) is 39.9 Å². The lowest BCUT2D eigenvalue weighted by atomic mass is 9.98. The molecule has 0 radical (unpaired) electrons. The average Bonchev–Trinajstić information content (AvgIpc) is 3.14. The fraction of sp³-hybridized carbons (Fsp3) is 0.438. The number of hydrogen-bond donors (Lipinski definition) is 1. The summed E-state index contributed by atoms with van der Waals surface area (Å²) in [5.41, 5.74) is -0.338. The van der Waals surface area contributed by atoms with Crippen LogP contribution < -0.4 is 5.32 Å². The molecule has 1 saturated heterocycles. The van der Waals surface area contributed by atoms with Crippen LogP contribution in [0.5, 0.6) is 0 Å². The first-order valence-corrected chi connectivity index (χ1v) is 7.94. The standard InChI is InChI=1S/C16H17N3O6/c20-13(25-10-11-3-5-12(6-4-11)19(23)24)9-18-14(21)16(17-15(18)22)7-1-2-8-16/h3-6H,1-2,7-10H2,(H,17,22). The second-order valence-corrected chi connectivity index (χ2v) is 6.19. The molecule has 1 aliphatic heterocycles. The molecule has 3 rings (SSSR count). The fourth-order valence-corrected chi connectivity index (χ4v) is 3.19. The summed E-state index contributed by atoms with van der Waals surface area (Å²) in [4.78, 5) is 47.3. The van der Waals surface area contributed by atoms with E-state index in [9.17, 15) is 24.5 Å². The van der Waals surface area contributed by atoms with Gasteiger partial charge < -0.3 is 10.1 Å². The Kier molecular flexibility index (Phi) is 4.39. The molecule has 1 aromatic rings. The van der Waals surface area contributed by atoms with Gasteiger partial charge in [-0.2, -0.15) is 0 Å². The molecule has 25 heavy (non-hydrogen) atoms. The van der Waals surface area contributed by atoms with Crippen molar-refractivity contribution >= 4 is 23.6 Å². The molecule has 1 saturated carbocycles. The third kappa shape index (κ3) is 3.30. The molecule has 0 aromatic heterocycles. The number of nitro benzene ring substituents is 1. The summed E-state index contributed by atoms with van der Waals surface area (Å²) in [7, 11) is 0. The number of nitro groups is 1. The largest absolute Gasteiger partial charge is 0.459 e. The van der Waals surface area contributed by atoms with Gasteiger partial charge in [0.05, 0.1) is 4.92 Å². The predicted octanol–water partition coefficient (Wildman–Crippen LogP) is 1.50. The number of hydrogen-bond acceptors (Lipinski definition) is 6. The molecule has 2 aliphatic rings. The molecule has 9 nitrogen and oxygen atoms in total. The highest BCUT2D eigenvalue weighted by molar-refractivity contribution is 6.08. The summed E-state index contributed by atoms with van der Waals surface area (Å²) in [6.45, 7) is -0.537. The van der Waals surface area contributed by atoms with Crippen LogP contribution in [0.25, 0.3) is 0 Å². The number of ether oxygens (including phenoxy) is 1. The maximum atomic E-state index is 12.4.